The van der Waals surface area contributed by atoms with E-state index in [4.69, 9.17) is 24.4 Å². The summed E-state index contributed by atoms with van der Waals surface area (Å²) in [5.41, 5.74) is 2.00. The first-order valence-electron chi connectivity index (χ1n) is 11.2. The van der Waals surface area contributed by atoms with Gasteiger partial charge in [-0.3, -0.25) is 15.1 Å². The van der Waals surface area contributed by atoms with Crippen LogP contribution >= 0.6 is 11.8 Å². The summed E-state index contributed by atoms with van der Waals surface area (Å²) >= 11 is 1.38. The van der Waals surface area contributed by atoms with E-state index in [-0.39, 0.29) is 18.0 Å². The van der Waals surface area contributed by atoms with Gasteiger partial charge < -0.3 is 18.9 Å². The molecule has 2 aromatic rings. The van der Waals surface area contributed by atoms with Gasteiger partial charge in [0.05, 0.1) is 19.8 Å². The molecule has 4 rings (SSSR count). The van der Waals surface area contributed by atoms with Crippen LogP contribution in [0.3, 0.4) is 0 Å². The Morgan fingerprint density at radius 1 is 1.03 bits per heavy atom. The van der Waals surface area contributed by atoms with Crippen molar-refractivity contribution >= 4 is 34.7 Å². The molecule has 0 atom stereocenters. The minimum Gasteiger partial charge on any atom is -0.493 e. The van der Waals surface area contributed by atoms with Gasteiger partial charge in [0.25, 0.3) is 5.91 Å². The second kappa shape index (κ2) is 11.2. The Bertz CT molecular complexity index is 1300. The van der Waals surface area contributed by atoms with E-state index in [2.05, 4.69) is 11.6 Å². The van der Waals surface area contributed by atoms with Crippen molar-refractivity contribution in [3.63, 3.8) is 0 Å². The molecule has 0 radical (unpaired) electrons. The third-order valence-corrected chi connectivity index (χ3v) is 6.30. The monoisotopic (exact) mass is 505 g/mol. The zero-order valence-electron chi connectivity index (χ0n) is 20.4. The summed E-state index contributed by atoms with van der Waals surface area (Å²) < 4.78 is 22.6. The molecule has 36 heavy (non-hydrogen) atoms. The van der Waals surface area contributed by atoms with Crippen molar-refractivity contribution in [3.8, 4) is 23.0 Å². The molecule has 0 aliphatic carbocycles. The second-order valence-corrected chi connectivity index (χ2v) is 9.12. The smallest absolute Gasteiger partial charge is 0.283 e. The molecular weight excluding hydrogens is 478 g/mol. The highest BCUT2D eigenvalue weighted by atomic mass is 32.2. The van der Waals surface area contributed by atoms with Crippen molar-refractivity contribution in [3.05, 3.63) is 76.9 Å². The number of methoxy groups -OCH3 is 2. The van der Waals surface area contributed by atoms with Crippen LogP contribution in [0.15, 0.2) is 70.7 Å². The van der Waals surface area contributed by atoms with Crippen molar-refractivity contribution in [2.24, 2.45) is 4.99 Å². The number of aliphatic imine (C=N–C) groups is 1. The fourth-order valence-electron chi connectivity index (χ4n) is 3.69. The minimum atomic E-state index is -0.439. The number of carbonyl (C=O) groups excluding carboxylic acids is 1. The molecule has 0 saturated heterocycles. The van der Waals surface area contributed by atoms with Crippen molar-refractivity contribution < 1.29 is 23.7 Å². The zero-order valence-corrected chi connectivity index (χ0v) is 21.2. The molecule has 2 aliphatic rings. The molecule has 2 aromatic carbocycles. The average Bonchev–Trinajstić information content (AvgIpc) is 3.25. The van der Waals surface area contributed by atoms with E-state index in [1.807, 2.05) is 31.2 Å². The molecule has 9 heteroatoms. The van der Waals surface area contributed by atoms with Crippen LogP contribution in [0.1, 0.15) is 18.1 Å². The standard InChI is InChI=1S/C27H27N3O5S/c1-5-6-18-7-9-21(23(14-18)32-3)34-11-12-35-22-10-8-19(15-24(22)33-4)13-20-25(28)30-16-17(2)36-27(30)29-26(20)31/h5,7-10,13-16,28H,1,6,11-12H2,2-4H3/b20-13+,28-25?. The number of benzene rings is 2. The molecule has 0 bridgehead atoms. The van der Waals surface area contributed by atoms with E-state index in [1.54, 1.807) is 49.6 Å². The van der Waals surface area contributed by atoms with E-state index < -0.39 is 5.91 Å². The Balaban J connectivity index is 1.41. The van der Waals surface area contributed by atoms with Gasteiger partial charge in [0, 0.05) is 11.1 Å². The zero-order chi connectivity index (χ0) is 25.7. The largest absolute Gasteiger partial charge is 0.493 e. The van der Waals surface area contributed by atoms with E-state index in [0.717, 1.165) is 16.9 Å². The van der Waals surface area contributed by atoms with Crippen LogP contribution in [-0.4, -0.2) is 49.2 Å². The van der Waals surface area contributed by atoms with E-state index in [9.17, 15) is 4.79 Å². The topological polar surface area (TPSA) is 93.4 Å². The van der Waals surface area contributed by atoms with Gasteiger partial charge in [-0.25, -0.2) is 0 Å². The van der Waals surface area contributed by atoms with Crippen LogP contribution in [-0.2, 0) is 11.2 Å². The maximum Gasteiger partial charge on any atom is 0.283 e. The van der Waals surface area contributed by atoms with Gasteiger partial charge in [0.1, 0.15) is 19.0 Å². The maximum absolute atomic E-state index is 12.5. The first-order chi connectivity index (χ1) is 17.4. The van der Waals surface area contributed by atoms with Crippen LogP contribution in [0.5, 0.6) is 23.0 Å². The molecule has 1 N–H and O–H groups in total. The number of amidine groups is 2. The SMILES string of the molecule is C=CCc1ccc(OCCOc2ccc(/C=C3\C(=N)N4C=C(C)SC4=NC3=O)cc2OC)c(OC)c1. The molecule has 186 valence electrons. The van der Waals surface area contributed by atoms with Gasteiger partial charge in [-0.1, -0.05) is 30.0 Å². The Kier molecular flexibility index (Phi) is 7.80. The fourth-order valence-corrected chi connectivity index (χ4v) is 4.51. The highest BCUT2D eigenvalue weighted by molar-refractivity contribution is 8.17. The van der Waals surface area contributed by atoms with Gasteiger partial charge >= 0.3 is 0 Å². The fraction of sp³-hybridized carbons (Fsp3) is 0.222. The van der Waals surface area contributed by atoms with Crippen LogP contribution in [0.2, 0.25) is 0 Å². The Labute approximate surface area is 214 Å². The average molecular weight is 506 g/mol. The van der Waals surface area contributed by atoms with Gasteiger partial charge in [-0.15, -0.1) is 6.58 Å². The molecule has 0 fully saturated rings. The lowest BCUT2D eigenvalue weighted by Gasteiger charge is -2.22. The van der Waals surface area contributed by atoms with Gasteiger partial charge in [-0.05, 0) is 54.8 Å². The number of thioether (sulfide) groups is 1. The third-order valence-electron chi connectivity index (χ3n) is 5.40. The van der Waals surface area contributed by atoms with E-state index >= 15 is 0 Å². The number of hydrogen-bond donors (Lipinski definition) is 1. The second-order valence-electron chi connectivity index (χ2n) is 7.90. The summed E-state index contributed by atoms with van der Waals surface area (Å²) in [5, 5.41) is 8.95. The van der Waals surface area contributed by atoms with E-state index in [0.29, 0.717) is 40.3 Å². The van der Waals surface area contributed by atoms with Crippen LogP contribution in [0.4, 0.5) is 0 Å². The summed E-state index contributed by atoms with van der Waals surface area (Å²) in [6.45, 7) is 6.26. The normalized spacial score (nSPS) is 15.9. The van der Waals surface area contributed by atoms with Crippen LogP contribution < -0.4 is 18.9 Å². The number of nitrogens with one attached hydrogen (secondary N) is 1. The summed E-state index contributed by atoms with van der Waals surface area (Å²) in [4.78, 5) is 19.2. The van der Waals surface area contributed by atoms with E-state index in [1.165, 1.54) is 11.8 Å². The molecule has 0 unspecified atom stereocenters. The molecule has 2 heterocycles. The summed E-state index contributed by atoms with van der Waals surface area (Å²) in [6, 6.07) is 11.1. The Hall–Kier alpha value is -3.98. The molecule has 1 amide bonds. The lowest BCUT2D eigenvalue weighted by molar-refractivity contribution is -0.114. The van der Waals surface area contributed by atoms with Crippen LogP contribution in [0, 0.1) is 5.41 Å². The van der Waals surface area contributed by atoms with Crippen LogP contribution in [0.25, 0.3) is 6.08 Å². The maximum atomic E-state index is 12.5. The van der Waals surface area contributed by atoms with Crippen molar-refractivity contribution in [1.82, 2.24) is 4.90 Å². The number of carbonyl (C=O) groups is 1. The number of amides is 1. The number of ether oxygens (including phenoxy) is 4. The molecule has 2 aliphatic heterocycles. The highest BCUT2D eigenvalue weighted by Crippen LogP contribution is 2.34. The minimum absolute atomic E-state index is 0.0961. The van der Waals surface area contributed by atoms with Crippen molar-refractivity contribution in [2.45, 2.75) is 13.3 Å². The molecule has 0 aromatic heterocycles. The number of hydrogen-bond acceptors (Lipinski definition) is 7. The van der Waals surface area contributed by atoms with Gasteiger partial charge in [0.2, 0.25) is 0 Å². The molecular formula is C27H27N3O5S. The first kappa shape index (κ1) is 25.1. The molecule has 0 spiro atoms. The predicted molar refractivity (Wildman–Crippen MR) is 142 cm³/mol. The van der Waals surface area contributed by atoms with Crippen molar-refractivity contribution in [2.75, 3.05) is 27.4 Å². The van der Waals surface area contributed by atoms with Gasteiger partial charge in [-0.2, -0.15) is 4.99 Å². The number of fused-ring (bicyclic) bond motifs is 1. The third kappa shape index (κ3) is 5.46. The quantitative estimate of drug-likeness (QED) is 0.274. The first-order valence-corrected chi connectivity index (χ1v) is 12.1. The highest BCUT2D eigenvalue weighted by Gasteiger charge is 2.32. The summed E-state index contributed by atoms with van der Waals surface area (Å²) in [5.74, 6) is 1.99. The van der Waals surface area contributed by atoms with Gasteiger partial charge in [0.15, 0.2) is 28.2 Å². The lowest BCUT2D eigenvalue weighted by Crippen LogP contribution is -2.35. The Morgan fingerprint density at radius 2 is 1.69 bits per heavy atom. The summed E-state index contributed by atoms with van der Waals surface area (Å²) in [6.07, 6.45) is 6.03. The number of rotatable bonds is 10. The lowest BCUT2D eigenvalue weighted by atomic mass is 10.1. The predicted octanol–water partition coefficient (Wildman–Crippen LogP) is 5.06. The summed E-state index contributed by atoms with van der Waals surface area (Å²) in [7, 11) is 3.15. The molecule has 8 nitrogen and oxygen atoms in total. The Morgan fingerprint density at radius 3 is 2.36 bits per heavy atom. The molecule has 0 saturated carbocycles. The number of nitrogens with zero attached hydrogens (tertiary/aromatic N) is 2. The van der Waals surface area contributed by atoms with Crippen molar-refractivity contribution in [1.29, 1.82) is 5.41 Å². The number of allylic oxidation sites excluding steroid dienone is 2.